The van der Waals surface area contributed by atoms with Crippen molar-refractivity contribution in [3.63, 3.8) is 0 Å². The molecule has 0 amide bonds. The van der Waals surface area contributed by atoms with Crippen molar-refractivity contribution < 1.29 is 4.21 Å². The van der Waals surface area contributed by atoms with Gasteiger partial charge in [0.2, 0.25) is 0 Å². The van der Waals surface area contributed by atoms with E-state index in [1.807, 2.05) is 12.1 Å². The lowest BCUT2D eigenvalue weighted by Crippen LogP contribution is -2.26. The van der Waals surface area contributed by atoms with Crippen LogP contribution in [0.25, 0.3) is 0 Å². The van der Waals surface area contributed by atoms with Crippen LogP contribution in [0.5, 0.6) is 0 Å². The molecule has 1 aromatic carbocycles. The Bertz CT molecular complexity index is 357. The molecule has 0 heterocycles. The molecule has 2 unspecified atom stereocenters. The van der Waals surface area contributed by atoms with E-state index in [1.165, 1.54) is 5.56 Å². The van der Waals surface area contributed by atoms with Gasteiger partial charge in [-0.1, -0.05) is 28.1 Å². The summed E-state index contributed by atoms with van der Waals surface area (Å²) in [6, 6.07) is 8.67. The first-order valence-electron chi connectivity index (χ1n) is 5.36. The first-order chi connectivity index (χ1) is 7.58. The molecule has 0 spiro atoms. The van der Waals surface area contributed by atoms with Gasteiger partial charge in [-0.3, -0.25) is 4.21 Å². The van der Waals surface area contributed by atoms with Gasteiger partial charge in [0.05, 0.1) is 0 Å². The molecule has 0 aliphatic heterocycles. The topological polar surface area (TPSA) is 29.1 Å². The summed E-state index contributed by atoms with van der Waals surface area (Å²) in [5.41, 5.74) is 1.26. The number of nitrogens with one attached hydrogen (secondary N) is 1. The minimum Gasteiger partial charge on any atom is -0.310 e. The fourth-order valence-corrected chi connectivity index (χ4v) is 2.52. The molecule has 90 valence electrons. The summed E-state index contributed by atoms with van der Waals surface area (Å²) < 4.78 is 12.0. The standard InChI is InChI=1S/C12H18BrNOS/c1-10(6-7-16(2)15)14-9-11-4-3-5-12(13)8-11/h3-5,8,10,14H,6-7,9H2,1-2H3. The predicted molar refractivity (Wildman–Crippen MR) is 74.0 cm³/mol. The van der Waals surface area contributed by atoms with E-state index in [-0.39, 0.29) is 0 Å². The minimum atomic E-state index is -0.685. The number of hydrogen-bond acceptors (Lipinski definition) is 2. The summed E-state index contributed by atoms with van der Waals surface area (Å²) in [6.07, 6.45) is 2.71. The van der Waals surface area contributed by atoms with E-state index in [9.17, 15) is 4.21 Å². The van der Waals surface area contributed by atoms with E-state index in [0.29, 0.717) is 6.04 Å². The van der Waals surface area contributed by atoms with Crippen LogP contribution in [-0.2, 0) is 17.3 Å². The fourth-order valence-electron chi connectivity index (χ4n) is 1.38. The quantitative estimate of drug-likeness (QED) is 0.875. The van der Waals surface area contributed by atoms with Gasteiger partial charge in [0.25, 0.3) is 0 Å². The van der Waals surface area contributed by atoms with E-state index < -0.39 is 10.8 Å². The summed E-state index contributed by atoms with van der Waals surface area (Å²) in [4.78, 5) is 0. The number of hydrogen-bond donors (Lipinski definition) is 1. The maximum atomic E-state index is 10.9. The summed E-state index contributed by atoms with van der Waals surface area (Å²) >= 11 is 3.45. The Morgan fingerprint density at radius 2 is 2.25 bits per heavy atom. The molecular weight excluding hydrogens is 286 g/mol. The Balaban J connectivity index is 2.31. The maximum absolute atomic E-state index is 10.9. The van der Waals surface area contributed by atoms with Crippen LogP contribution in [0.3, 0.4) is 0 Å². The van der Waals surface area contributed by atoms with Crippen LogP contribution in [0, 0.1) is 0 Å². The molecule has 2 atom stereocenters. The molecule has 0 aromatic heterocycles. The van der Waals surface area contributed by atoms with Crippen LogP contribution in [0.1, 0.15) is 18.9 Å². The third-order valence-electron chi connectivity index (χ3n) is 2.38. The van der Waals surface area contributed by atoms with Gasteiger partial charge in [0.15, 0.2) is 0 Å². The van der Waals surface area contributed by atoms with Crippen molar-refractivity contribution >= 4 is 26.7 Å². The summed E-state index contributed by atoms with van der Waals surface area (Å²) in [5.74, 6) is 0.770. The van der Waals surface area contributed by atoms with Gasteiger partial charge in [-0.15, -0.1) is 0 Å². The van der Waals surface area contributed by atoms with Crippen molar-refractivity contribution in [3.05, 3.63) is 34.3 Å². The van der Waals surface area contributed by atoms with Gasteiger partial charge in [0, 0.05) is 39.9 Å². The highest BCUT2D eigenvalue weighted by atomic mass is 79.9. The highest BCUT2D eigenvalue weighted by Gasteiger charge is 2.02. The largest absolute Gasteiger partial charge is 0.310 e. The predicted octanol–water partition coefficient (Wildman–Crippen LogP) is 2.70. The van der Waals surface area contributed by atoms with Crippen molar-refractivity contribution in [2.24, 2.45) is 0 Å². The molecule has 0 saturated heterocycles. The van der Waals surface area contributed by atoms with Gasteiger partial charge >= 0.3 is 0 Å². The Morgan fingerprint density at radius 3 is 2.88 bits per heavy atom. The molecule has 1 N–H and O–H groups in total. The van der Waals surface area contributed by atoms with E-state index in [1.54, 1.807) is 6.26 Å². The van der Waals surface area contributed by atoms with Crippen molar-refractivity contribution in [2.75, 3.05) is 12.0 Å². The fraction of sp³-hybridized carbons (Fsp3) is 0.500. The summed E-state index contributed by atoms with van der Waals surface area (Å²) in [5, 5.41) is 3.43. The lowest BCUT2D eigenvalue weighted by molar-refractivity contribution is 0.535. The molecule has 0 aliphatic rings. The molecule has 0 aliphatic carbocycles. The van der Waals surface area contributed by atoms with Crippen molar-refractivity contribution in [1.82, 2.24) is 5.32 Å². The van der Waals surface area contributed by atoms with E-state index in [2.05, 4.69) is 40.3 Å². The lowest BCUT2D eigenvalue weighted by Gasteiger charge is -2.13. The zero-order valence-corrected chi connectivity index (χ0v) is 12.1. The van der Waals surface area contributed by atoms with Crippen LogP contribution < -0.4 is 5.32 Å². The lowest BCUT2D eigenvalue weighted by atomic mass is 10.2. The van der Waals surface area contributed by atoms with Crippen LogP contribution in [0.4, 0.5) is 0 Å². The van der Waals surface area contributed by atoms with Crippen LogP contribution in [-0.4, -0.2) is 22.3 Å². The number of rotatable bonds is 6. The first kappa shape index (κ1) is 13.9. The molecular formula is C12H18BrNOS. The molecule has 1 rings (SSSR count). The van der Waals surface area contributed by atoms with E-state index >= 15 is 0 Å². The Labute approximate surface area is 108 Å². The maximum Gasteiger partial charge on any atom is 0.0246 e. The third-order valence-corrected chi connectivity index (χ3v) is 3.69. The smallest absolute Gasteiger partial charge is 0.0246 e. The van der Waals surface area contributed by atoms with Crippen LogP contribution in [0.15, 0.2) is 28.7 Å². The third kappa shape index (κ3) is 5.77. The van der Waals surface area contributed by atoms with Gasteiger partial charge in [-0.25, -0.2) is 0 Å². The second kappa shape index (κ2) is 7.20. The molecule has 0 fully saturated rings. The van der Waals surface area contributed by atoms with Crippen molar-refractivity contribution in [2.45, 2.75) is 25.9 Å². The van der Waals surface area contributed by atoms with Crippen molar-refractivity contribution in [1.29, 1.82) is 0 Å². The van der Waals surface area contributed by atoms with Crippen molar-refractivity contribution in [3.8, 4) is 0 Å². The molecule has 4 heteroatoms. The highest BCUT2D eigenvalue weighted by molar-refractivity contribution is 9.10. The van der Waals surface area contributed by atoms with E-state index in [0.717, 1.165) is 23.2 Å². The minimum absolute atomic E-state index is 0.405. The SMILES string of the molecule is CC(CCS(C)=O)NCc1cccc(Br)c1. The average Bonchev–Trinajstić information content (AvgIpc) is 2.23. The van der Waals surface area contributed by atoms with Gasteiger partial charge in [0.1, 0.15) is 0 Å². The Hall–Kier alpha value is -0.190. The molecule has 1 aromatic rings. The number of benzene rings is 1. The zero-order chi connectivity index (χ0) is 12.0. The number of halogens is 1. The summed E-state index contributed by atoms with van der Waals surface area (Å²) in [6.45, 7) is 2.99. The van der Waals surface area contributed by atoms with Gasteiger partial charge < -0.3 is 5.32 Å². The molecule has 0 radical (unpaired) electrons. The average molecular weight is 304 g/mol. The van der Waals surface area contributed by atoms with E-state index in [4.69, 9.17) is 0 Å². The Kier molecular flexibility index (Phi) is 6.24. The Morgan fingerprint density at radius 1 is 1.50 bits per heavy atom. The second-order valence-electron chi connectivity index (χ2n) is 3.98. The molecule has 0 bridgehead atoms. The first-order valence-corrected chi connectivity index (χ1v) is 7.88. The van der Waals surface area contributed by atoms with Gasteiger partial charge in [-0.2, -0.15) is 0 Å². The van der Waals surface area contributed by atoms with Crippen LogP contribution in [0.2, 0.25) is 0 Å². The zero-order valence-electron chi connectivity index (χ0n) is 9.70. The van der Waals surface area contributed by atoms with Crippen LogP contribution >= 0.6 is 15.9 Å². The second-order valence-corrected chi connectivity index (χ2v) is 6.45. The summed E-state index contributed by atoms with van der Waals surface area (Å²) in [7, 11) is -0.685. The molecule has 2 nitrogen and oxygen atoms in total. The van der Waals surface area contributed by atoms with Gasteiger partial charge in [-0.05, 0) is 31.0 Å². The molecule has 16 heavy (non-hydrogen) atoms. The monoisotopic (exact) mass is 303 g/mol. The molecule has 0 saturated carbocycles. The normalized spacial score (nSPS) is 14.7. The highest BCUT2D eigenvalue weighted by Crippen LogP contribution is 2.11.